The number of hydrogen-bond donors (Lipinski definition) is 1. The van der Waals surface area contributed by atoms with Gasteiger partial charge in [-0.3, -0.25) is 24.5 Å². The highest BCUT2D eigenvalue weighted by atomic mass is 16.6. The number of benzene rings is 2. The molecule has 1 fully saturated rings. The van der Waals surface area contributed by atoms with Crippen molar-refractivity contribution >= 4 is 23.5 Å². The summed E-state index contributed by atoms with van der Waals surface area (Å²) in [5, 5.41) is 13.5. The van der Waals surface area contributed by atoms with Crippen molar-refractivity contribution in [3.05, 3.63) is 100.0 Å². The van der Waals surface area contributed by atoms with Crippen molar-refractivity contribution in [3.8, 4) is 0 Å². The normalized spacial score (nSPS) is 16.9. The largest absolute Gasteiger partial charge is 0.469 e. The molecular formula is C25H23N3O7. The summed E-state index contributed by atoms with van der Waals surface area (Å²) >= 11 is 0. The number of rotatable bonds is 10. The summed E-state index contributed by atoms with van der Waals surface area (Å²) < 4.78 is 10.6. The molecule has 2 aromatic carbocycles. The number of ether oxygens (including phenoxy) is 1. The maximum atomic E-state index is 12.8. The number of nitro benzene ring substituents is 1. The number of carbonyl (C=O) groups excluding carboxylic acids is 3. The van der Waals surface area contributed by atoms with Gasteiger partial charge in [0.15, 0.2) is 0 Å². The van der Waals surface area contributed by atoms with Gasteiger partial charge in [-0.15, -0.1) is 0 Å². The Kier molecular flexibility index (Phi) is 7.20. The summed E-state index contributed by atoms with van der Waals surface area (Å²) in [6, 6.07) is 16.6. The van der Waals surface area contributed by atoms with Crippen LogP contribution in [0.1, 0.15) is 28.1 Å². The van der Waals surface area contributed by atoms with E-state index < -0.39 is 23.0 Å². The molecule has 1 aromatic heterocycles. The molecule has 0 unspecified atom stereocenters. The van der Waals surface area contributed by atoms with Crippen molar-refractivity contribution in [1.82, 2.24) is 10.2 Å². The molecule has 1 saturated heterocycles. The van der Waals surface area contributed by atoms with E-state index in [2.05, 4.69) is 5.32 Å². The number of likely N-dealkylation sites (tertiary alicyclic amines) is 1. The molecule has 10 nitrogen and oxygen atoms in total. The number of amides is 2. The molecule has 4 rings (SSSR count). The first kappa shape index (κ1) is 23.7. The number of hydrogen-bond acceptors (Lipinski definition) is 7. The van der Waals surface area contributed by atoms with Crippen LogP contribution in [-0.4, -0.2) is 46.2 Å². The highest BCUT2D eigenvalue weighted by Crippen LogP contribution is 2.25. The fraction of sp³-hybridized carbons (Fsp3) is 0.240. The van der Waals surface area contributed by atoms with E-state index in [0.717, 1.165) is 5.76 Å². The number of non-ortho nitro benzene ring substituents is 1. The van der Waals surface area contributed by atoms with Crippen molar-refractivity contribution in [1.29, 1.82) is 0 Å². The fourth-order valence-electron chi connectivity index (χ4n) is 3.90. The minimum Gasteiger partial charge on any atom is -0.469 e. The lowest BCUT2D eigenvalue weighted by Crippen LogP contribution is -2.71. The number of nitrogens with one attached hydrogen (secondary N) is 1. The van der Waals surface area contributed by atoms with E-state index in [0.29, 0.717) is 24.0 Å². The fourth-order valence-corrected chi connectivity index (χ4v) is 3.90. The molecule has 2 heterocycles. The molecule has 0 aliphatic carbocycles. The highest BCUT2D eigenvalue weighted by Gasteiger charge is 2.48. The van der Waals surface area contributed by atoms with Crippen LogP contribution in [-0.2, 0) is 27.4 Å². The lowest BCUT2D eigenvalue weighted by atomic mass is 9.90. The third-order valence-corrected chi connectivity index (χ3v) is 5.77. The van der Waals surface area contributed by atoms with Gasteiger partial charge in [0, 0.05) is 24.1 Å². The summed E-state index contributed by atoms with van der Waals surface area (Å²) in [4.78, 5) is 49.5. The Balaban J connectivity index is 1.37. The predicted octanol–water partition coefficient (Wildman–Crippen LogP) is 2.87. The Labute approximate surface area is 200 Å². The standard InChI is InChI=1S/C25H23N3O7/c29-22(35-16-17-8-10-19(11-9-17)28(32)33)15-27-21(13-12-20-7-4-14-34-20)23(25(27)31)26-24(30)18-5-2-1-3-6-18/h1-11,14,21,23H,12-13,15-16H2,(H,26,30)/t21-,23+/m1/s1. The van der Waals surface area contributed by atoms with Crippen molar-refractivity contribution < 1.29 is 28.5 Å². The molecule has 3 aromatic rings. The summed E-state index contributed by atoms with van der Waals surface area (Å²) in [5.41, 5.74) is 0.960. The number of nitro groups is 1. The van der Waals surface area contributed by atoms with Gasteiger partial charge in [-0.2, -0.15) is 0 Å². The van der Waals surface area contributed by atoms with Crippen LogP contribution < -0.4 is 5.32 Å². The number of esters is 1. The van der Waals surface area contributed by atoms with Gasteiger partial charge < -0.3 is 19.4 Å². The van der Waals surface area contributed by atoms with Gasteiger partial charge in [0.2, 0.25) is 5.91 Å². The van der Waals surface area contributed by atoms with Crippen LogP contribution in [0.3, 0.4) is 0 Å². The highest BCUT2D eigenvalue weighted by molar-refractivity contribution is 6.00. The second kappa shape index (κ2) is 10.6. The zero-order chi connectivity index (χ0) is 24.8. The maximum absolute atomic E-state index is 12.8. The van der Waals surface area contributed by atoms with Crippen molar-refractivity contribution in [2.24, 2.45) is 0 Å². The third-order valence-electron chi connectivity index (χ3n) is 5.77. The Morgan fingerprint density at radius 2 is 1.80 bits per heavy atom. The van der Waals surface area contributed by atoms with Gasteiger partial charge in [0.05, 0.1) is 17.2 Å². The van der Waals surface area contributed by atoms with Crippen LogP contribution in [0.2, 0.25) is 0 Å². The zero-order valence-electron chi connectivity index (χ0n) is 18.7. The molecule has 0 radical (unpaired) electrons. The monoisotopic (exact) mass is 477 g/mol. The van der Waals surface area contributed by atoms with E-state index >= 15 is 0 Å². The van der Waals surface area contributed by atoms with E-state index in [1.54, 1.807) is 42.7 Å². The molecule has 2 amide bonds. The van der Waals surface area contributed by atoms with E-state index in [1.165, 1.54) is 29.2 Å². The van der Waals surface area contributed by atoms with E-state index in [4.69, 9.17) is 9.15 Å². The summed E-state index contributed by atoms with van der Waals surface area (Å²) in [6.45, 7) is -0.351. The van der Waals surface area contributed by atoms with E-state index in [-0.39, 0.29) is 30.7 Å². The van der Waals surface area contributed by atoms with Crippen LogP contribution in [0.5, 0.6) is 0 Å². The average molecular weight is 477 g/mol. The molecule has 0 spiro atoms. The molecule has 2 atom stereocenters. The minimum absolute atomic E-state index is 0.0609. The first-order valence-electron chi connectivity index (χ1n) is 11.0. The number of carbonyl (C=O) groups is 3. The molecule has 1 N–H and O–H groups in total. The summed E-state index contributed by atoms with van der Waals surface area (Å²) in [7, 11) is 0. The third kappa shape index (κ3) is 5.72. The lowest BCUT2D eigenvalue weighted by Gasteiger charge is -2.46. The van der Waals surface area contributed by atoms with Crippen LogP contribution in [0.25, 0.3) is 0 Å². The van der Waals surface area contributed by atoms with E-state index in [1.807, 2.05) is 6.07 Å². The minimum atomic E-state index is -0.764. The van der Waals surface area contributed by atoms with Crippen LogP contribution in [0.4, 0.5) is 5.69 Å². The van der Waals surface area contributed by atoms with Crippen molar-refractivity contribution in [2.75, 3.05) is 6.54 Å². The van der Waals surface area contributed by atoms with Gasteiger partial charge >= 0.3 is 5.97 Å². The predicted molar refractivity (Wildman–Crippen MR) is 123 cm³/mol. The number of furan rings is 1. The topological polar surface area (TPSA) is 132 Å². The molecule has 1 aliphatic heterocycles. The maximum Gasteiger partial charge on any atom is 0.325 e. The Morgan fingerprint density at radius 3 is 2.46 bits per heavy atom. The molecular weight excluding hydrogens is 454 g/mol. The number of nitrogens with zero attached hydrogens (tertiary/aromatic N) is 2. The molecule has 10 heteroatoms. The van der Waals surface area contributed by atoms with Crippen molar-refractivity contribution in [3.63, 3.8) is 0 Å². The lowest BCUT2D eigenvalue weighted by molar-refractivity contribution is -0.384. The van der Waals surface area contributed by atoms with Crippen LogP contribution in [0, 0.1) is 10.1 Å². The van der Waals surface area contributed by atoms with Crippen molar-refractivity contribution in [2.45, 2.75) is 31.5 Å². The Hall–Kier alpha value is -4.47. The molecule has 180 valence electrons. The number of aryl methyl sites for hydroxylation is 1. The molecule has 0 saturated carbocycles. The van der Waals surface area contributed by atoms with Gasteiger partial charge in [-0.25, -0.2) is 0 Å². The quantitative estimate of drug-likeness (QED) is 0.205. The Bertz CT molecular complexity index is 1190. The van der Waals surface area contributed by atoms with Gasteiger partial charge in [0.1, 0.15) is 25.0 Å². The molecule has 0 bridgehead atoms. The Morgan fingerprint density at radius 1 is 1.06 bits per heavy atom. The SMILES string of the molecule is O=C(CN1C(=O)[C@@H](NC(=O)c2ccccc2)[C@H]1CCc1ccco1)OCc1ccc([N+](=O)[O-])cc1. The van der Waals surface area contributed by atoms with E-state index in [9.17, 15) is 24.5 Å². The first-order valence-corrected chi connectivity index (χ1v) is 11.0. The second-order valence-electron chi connectivity index (χ2n) is 8.05. The van der Waals surface area contributed by atoms with Gasteiger partial charge in [-0.05, 0) is 48.4 Å². The summed E-state index contributed by atoms with van der Waals surface area (Å²) in [6.07, 6.45) is 2.56. The van der Waals surface area contributed by atoms with Gasteiger partial charge in [0.25, 0.3) is 11.6 Å². The van der Waals surface area contributed by atoms with Crippen LogP contribution in [0.15, 0.2) is 77.4 Å². The summed E-state index contributed by atoms with van der Waals surface area (Å²) in [5.74, 6) is -0.621. The molecule has 35 heavy (non-hydrogen) atoms. The first-order chi connectivity index (χ1) is 16.9. The average Bonchev–Trinajstić information content (AvgIpc) is 3.40. The van der Waals surface area contributed by atoms with Gasteiger partial charge in [-0.1, -0.05) is 18.2 Å². The van der Waals surface area contributed by atoms with Crippen LogP contribution >= 0.6 is 0 Å². The molecule has 1 aliphatic rings. The zero-order valence-corrected chi connectivity index (χ0v) is 18.7. The smallest absolute Gasteiger partial charge is 0.325 e. The second-order valence-corrected chi connectivity index (χ2v) is 8.05. The number of β-lactam (4-membered cyclic amide) rings is 1.